The van der Waals surface area contributed by atoms with Crippen LogP contribution in [-0.2, 0) is 30.3 Å². The van der Waals surface area contributed by atoms with Gasteiger partial charge in [0.05, 0.1) is 13.2 Å². The van der Waals surface area contributed by atoms with Gasteiger partial charge in [-0.3, -0.25) is 19.3 Å². The molecule has 0 spiro atoms. The molecule has 0 saturated carbocycles. The molecule has 29 heavy (non-hydrogen) atoms. The minimum Gasteiger partial charge on any atom is -0.454 e. The van der Waals surface area contributed by atoms with Crippen LogP contribution in [0.2, 0.25) is 0 Å². The third-order valence-corrected chi connectivity index (χ3v) is 5.11. The molecule has 1 N–H and O–H groups in total. The number of hydrogen-bond acceptors (Lipinski definition) is 6. The molecular weight excluding hydrogens is 378 g/mol. The van der Waals surface area contributed by atoms with Crippen LogP contribution in [0.1, 0.15) is 18.9 Å². The first-order valence-electron chi connectivity index (χ1n) is 9.58. The van der Waals surface area contributed by atoms with Gasteiger partial charge in [0.2, 0.25) is 0 Å². The maximum Gasteiger partial charge on any atom is 0.326 e. The molecule has 156 valence electrons. The lowest BCUT2D eigenvalue weighted by Gasteiger charge is -2.26. The lowest BCUT2D eigenvalue weighted by molar-refractivity contribution is -0.155. The van der Waals surface area contributed by atoms with Crippen LogP contribution in [0.25, 0.3) is 0 Å². The van der Waals surface area contributed by atoms with Crippen molar-refractivity contribution in [3.05, 3.63) is 35.9 Å². The summed E-state index contributed by atoms with van der Waals surface area (Å²) in [7, 11) is 0. The summed E-state index contributed by atoms with van der Waals surface area (Å²) in [5.74, 6) is -1.61. The fraction of sp³-hybridized carbons (Fsp3) is 0.500. The molecule has 2 aliphatic heterocycles. The number of ether oxygens (including phenoxy) is 2. The predicted octanol–water partition coefficient (Wildman–Crippen LogP) is 0.332. The number of esters is 1. The zero-order valence-corrected chi connectivity index (χ0v) is 16.4. The molecule has 0 unspecified atom stereocenters. The van der Waals surface area contributed by atoms with E-state index in [1.54, 1.807) is 11.8 Å². The maximum absolute atomic E-state index is 12.7. The standard InChI is InChI=1S/C20H25N3O6/c1-20(8-7-15-5-3-2-4-6-15)18(26)23(19(27)21-20)13-17(25)29-14-16(24)22-9-11-28-12-10-22/h2-6H,7-14H2,1H3,(H,21,27)/t20-/m0/s1. The Labute approximate surface area is 168 Å². The van der Waals surface area contributed by atoms with Crippen LogP contribution >= 0.6 is 0 Å². The average Bonchev–Trinajstić information content (AvgIpc) is 2.95. The number of nitrogens with zero attached hydrogens (tertiary/aromatic N) is 2. The van der Waals surface area contributed by atoms with Crippen LogP contribution in [0, 0.1) is 0 Å². The second-order valence-electron chi connectivity index (χ2n) is 7.29. The van der Waals surface area contributed by atoms with E-state index in [1.165, 1.54) is 0 Å². The van der Waals surface area contributed by atoms with E-state index in [1.807, 2.05) is 30.3 Å². The molecule has 1 aromatic carbocycles. The molecule has 2 saturated heterocycles. The van der Waals surface area contributed by atoms with Gasteiger partial charge in [0.15, 0.2) is 6.61 Å². The Morgan fingerprint density at radius 2 is 1.86 bits per heavy atom. The van der Waals surface area contributed by atoms with Crippen LogP contribution in [0.5, 0.6) is 0 Å². The third-order valence-electron chi connectivity index (χ3n) is 5.11. The Morgan fingerprint density at radius 1 is 1.17 bits per heavy atom. The molecule has 0 aromatic heterocycles. The van der Waals surface area contributed by atoms with Crippen molar-refractivity contribution < 1.29 is 28.7 Å². The normalized spacial score (nSPS) is 21.8. The second kappa shape index (κ2) is 9.04. The average molecular weight is 403 g/mol. The van der Waals surface area contributed by atoms with Crippen molar-refractivity contribution in [1.29, 1.82) is 0 Å². The summed E-state index contributed by atoms with van der Waals surface area (Å²) in [5.41, 5.74) is -0.0353. The Bertz CT molecular complexity index is 778. The number of imide groups is 1. The zero-order chi connectivity index (χ0) is 20.9. The molecule has 0 aliphatic carbocycles. The van der Waals surface area contributed by atoms with E-state index in [-0.39, 0.29) is 5.91 Å². The first kappa shape index (κ1) is 20.8. The second-order valence-corrected chi connectivity index (χ2v) is 7.29. The van der Waals surface area contributed by atoms with E-state index in [0.717, 1.165) is 10.5 Å². The largest absolute Gasteiger partial charge is 0.454 e. The van der Waals surface area contributed by atoms with Crippen molar-refractivity contribution in [2.45, 2.75) is 25.3 Å². The molecule has 1 atom stereocenters. The van der Waals surface area contributed by atoms with Crippen LogP contribution in [0.3, 0.4) is 0 Å². The van der Waals surface area contributed by atoms with Gasteiger partial charge in [0, 0.05) is 13.1 Å². The summed E-state index contributed by atoms with van der Waals surface area (Å²) in [6.45, 7) is 2.49. The van der Waals surface area contributed by atoms with E-state index in [9.17, 15) is 19.2 Å². The minimum atomic E-state index is -1.09. The van der Waals surface area contributed by atoms with Crippen molar-refractivity contribution in [2.75, 3.05) is 39.5 Å². The van der Waals surface area contributed by atoms with E-state index in [0.29, 0.717) is 39.1 Å². The number of hydrogen-bond donors (Lipinski definition) is 1. The van der Waals surface area contributed by atoms with Crippen LogP contribution in [0.4, 0.5) is 4.79 Å². The van der Waals surface area contributed by atoms with Gasteiger partial charge in [-0.1, -0.05) is 30.3 Å². The molecule has 9 heteroatoms. The molecule has 1 aromatic rings. The van der Waals surface area contributed by atoms with Crippen LogP contribution in [0.15, 0.2) is 30.3 Å². The number of urea groups is 1. The van der Waals surface area contributed by atoms with Crippen LogP contribution < -0.4 is 5.32 Å². The maximum atomic E-state index is 12.7. The fourth-order valence-electron chi connectivity index (χ4n) is 3.32. The van der Waals surface area contributed by atoms with E-state index in [4.69, 9.17) is 9.47 Å². The quantitative estimate of drug-likeness (QED) is 0.520. The number of morpholine rings is 1. The van der Waals surface area contributed by atoms with E-state index < -0.39 is 36.6 Å². The van der Waals surface area contributed by atoms with Crippen molar-refractivity contribution in [3.8, 4) is 0 Å². The van der Waals surface area contributed by atoms with Gasteiger partial charge in [-0.2, -0.15) is 0 Å². The molecular formula is C20H25N3O6. The van der Waals surface area contributed by atoms with Gasteiger partial charge in [0.1, 0.15) is 12.1 Å². The number of amides is 4. The zero-order valence-electron chi connectivity index (χ0n) is 16.4. The lowest BCUT2D eigenvalue weighted by atomic mass is 9.93. The SMILES string of the molecule is C[C@@]1(CCc2ccccc2)NC(=O)N(CC(=O)OCC(=O)N2CCOCC2)C1=O. The summed E-state index contributed by atoms with van der Waals surface area (Å²) >= 11 is 0. The predicted molar refractivity (Wildman–Crippen MR) is 102 cm³/mol. The highest BCUT2D eigenvalue weighted by molar-refractivity contribution is 6.08. The number of nitrogens with one attached hydrogen (secondary N) is 1. The van der Waals surface area contributed by atoms with Crippen molar-refractivity contribution in [1.82, 2.24) is 15.1 Å². The third kappa shape index (κ3) is 5.11. The van der Waals surface area contributed by atoms with Crippen molar-refractivity contribution in [3.63, 3.8) is 0 Å². The monoisotopic (exact) mass is 403 g/mol. The summed E-state index contributed by atoms with van der Waals surface area (Å²) in [5, 5.41) is 2.66. The molecule has 3 rings (SSSR count). The number of carbonyl (C=O) groups excluding carboxylic acids is 4. The molecule has 4 amide bonds. The van der Waals surface area contributed by atoms with E-state index in [2.05, 4.69) is 5.32 Å². The fourth-order valence-corrected chi connectivity index (χ4v) is 3.32. The molecule has 2 heterocycles. The number of rotatable bonds is 7. The minimum absolute atomic E-state index is 0.327. The van der Waals surface area contributed by atoms with Crippen molar-refractivity contribution in [2.24, 2.45) is 0 Å². The highest BCUT2D eigenvalue weighted by Gasteiger charge is 2.48. The Morgan fingerprint density at radius 3 is 2.55 bits per heavy atom. The van der Waals surface area contributed by atoms with Gasteiger partial charge >= 0.3 is 12.0 Å². The van der Waals surface area contributed by atoms with Crippen LogP contribution in [-0.4, -0.2) is 78.6 Å². The van der Waals surface area contributed by atoms with Crippen molar-refractivity contribution >= 4 is 23.8 Å². The van der Waals surface area contributed by atoms with Gasteiger partial charge in [-0.15, -0.1) is 0 Å². The first-order valence-corrected chi connectivity index (χ1v) is 9.58. The molecule has 0 radical (unpaired) electrons. The first-order chi connectivity index (χ1) is 13.9. The smallest absolute Gasteiger partial charge is 0.326 e. The highest BCUT2D eigenvalue weighted by Crippen LogP contribution is 2.23. The Kier molecular flexibility index (Phi) is 6.48. The molecule has 2 fully saturated rings. The van der Waals surface area contributed by atoms with Gasteiger partial charge in [-0.05, 0) is 25.3 Å². The number of benzene rings is 1. The van der Waals surface area contributed by atoms with Gasteiger partial charge < -0.3 is 19.7 Å². The Balaban J connectivity index is 1.49. The van der Waals surface area contributed by atoms with E-state index >= 15 is 0 Å². The summed E-state index contributed by atoms with van der Waals surface area (Å²) < 4.78 is 10.1. The Hall–Kier alpha value is -2.94. The molecule has 9 nitrogen and oxygen atoms in total. The summed E-state index contributed by atoms with van der Waals surface area (Å²) in [6, 6.07) is 8.99. The summed E-state index contributed by atoms with van der Waals surface area (Å²) in [6.07, 6.45) is 1.01. The highest BCUT2D eigenvalue weighted by atomic mass is 16.5. The lowest BCUT2D eigenvalue weighted by Crippen LogP contribution is -2.45. The molecule has 0 bridgehead atoms. The molecule has 2 aliphatic rings. The number of carbonyl (C=O) groups is 4. The van der Waals surface area contributed by atoms with Gasteiger partial charge in [-0.25, -0.2) is 4.79 Å². The summed E-state index contributed by atoms with van der Waals surface area (Å²) in [4.78, 5) is 51.4. The topological polar surface area (TPSA) is 105 Å². The number of aryl methyl sites for hydroxylation is 1. The van der Waals surface area contributed by atoms with Gasteiger partial charge in [0.25, 0.3) is 11.8 Å².